The van der Waals surface area contributed by atoms with Gasteiger partial charge in [0.1, 0.15) is 0 Å². The van der Waals surface area contributed by atoms with Crippen molar-refractivity contribution in [2.45, 2.75) is 31.7 Å². The van der Waals surface area contributed by atoms with E-state index in [0.717, 1.165) is 18.7 Å². The second-order valence-electron chi connectivity index (χ2n) is 3.92. The maximum atomic E-state index is 5.88. The number of rotatable bonds is 2. The lowest BCUT2D eigenvalue weighted by Crippen LogP contribution is -2.35. The molecule has 1 aromatic rings. The Morgan fingerprint density at radius 1 is 1.47 bits per heavy atom. The van der Waals surface area contributed by atoms with E-state index in [9.17, 15) is 0 Å². The highest BCUT2D eigenvalue weighted by Gasteiger charge is 2.14. The predicted octanol–water partition coefficient (Wildman–Crippen LogP) is 1.40. The van der Waals surface area contributed by atoms with E-state index in [-0.39, 0.29) is 0 Å². The van der Waals surface area contributed by atoms with Crippen molar-refractivity contribution in [1.82, 2.24) is 15.5 Å². The molecule has 1 saturated heterocycles. The van der Waals surface area contributed by atoms with Gasteiger partial charge in [-0.1, -0.05) is 18.0 Å². The number of halogens is 1. The summed E-state index contributed by atoms with van der Waals surface area (Å²) in [6.07, 6.45) is 4.63. The lowest BCUT2D eigenvalue weighted by molar-refractivity contribution is 0.396. The molecule has 0 aliphatic carbocycles. The Hall–Kier alpha value is -0.870. The molecule has 3 N–H and O–H groups in total. The second kappa shape index (κ2) is 4.77. The molecule has 1 unspecified atom stereocenters. The van der Waals surface area contributed by atoms with Gasteiger partial charge in [-0.15, -0.1) is 5.10 Å². The van der Waals surface area contributed by atoms with Gasteiger partial charge in [-0.05, 0) is 25.5 Å². The van der Waals surface area contributed by atoms with Crippen molar-refractivity contribution in [2.24, 2.45) is 0 Å². The molecule has 1 atom stereocenters. The van der Waals surface area contributed by atoms with Crippen molar-refractivity contribution < 1.29 is 0 Å². The average molecular weight is 227 g/mol. The molecule has 0 saturated carbocycles. The number of piperidine rings is 1. The lowest BCUT2D eigenvalue weighted by Gasteiger charge is -2.22. The maximum absolute atomic E-state index is 5.88. The highest BCUT2D eigenvalue weighted by molar-refractivity contribution is 6.32. The molecular formula is C10H15ClN4. The van der Waals surface area contributed by atoms with Crippen LogP contribution in [-0.2, 0) is 6.42 Å². The van der Waals surface area contributed by atoms with Crippen LogP contribution in [0.4, 0.5) is 5.82 Å². The van der Waals surface area contributed by atoms with Crippen molar-refractivity contribution in [3.8, 4) is 0 Å². The van der Waals surface area contributed by atoms with Crippen molar-refractivity contribution in [1.29, 1.82) is 0 Å². The van der Waals surface area contributed by atoms with Gasteiger partial charge in [0.05, 0.1) is 10.7 Å². The van der Waals surface area contributed by atoms with Crippen LogP contribution in [0.2, 0.25) is 5.02 Å². The number of anilines is 1. The Labute approximate surface area is 94.2 Å². The molecule has 2 rings (SSSR count). The van der Waals surface area contributed by atoms with Crippen LogP contribution in [-0.4, -0.2) is 22.8 Å². The maximum Gasteiger partial charge on any atom is 0.164 e. The van der Waals surface area contributed by atoms with Crippen LogP contribution in [0.1, 0.15) is 25.0 Å². The van der Waals surface area contributed by atoms with Gasteiger partial charge in [0.15, 0.2) is 5.82 Å². The molecule has 0 amide bonds. The molecule has 2 heterocycles. The fourth-order valence-corrected chi connectivity index (χ4v) is 2.03. The molecule has 0 radical (unpaired) electrons. The van der Waals surface area contributed by atoms with E-state index < -0.39 is 0 Å². The largest absolute Gasteiger partial charge is 0.381 e. The molecule has 1 fully saturated rings. The molecule has 15 heavy (non-hydrogen) atoms. The molecule has 1 aliphatic rings. The van der Waals surface area contributed by atoms with Crippen LogP contribution in [0, 0.1) is 0 Å². The number of nitrogens with one attached hydrogen (secondary N) is 1. The minimum Gasteiger partial charge on any atom is -0.381 e. The quantitative estimate of drug-likeness (QED) is 0.800. The molecule has 4 nitrogen and oxygen atoms in total. The van der Waals surface area contributed by atoms with Gasteiger partial charge in [-0.3, -0.25) is 0 Å². The van der Waals surface area contributed by atoms with Crippen molar-refractivity contribution >= 4 is 17.4 Å². The number of nitrogens with two attached hydrogens (primary N) is 1. The summed E-state index contributed by atoms with van der Waals surface area (Å²) < 4.78 is 0. The van der Waals surface area contributed by atoms with E-state index in [1.807, 2.05) is 0 Å². The lowest BCUT2D eigenvalue weighted by atomic mass is 10.0. The summed E-state index contributed by atoms with van der Waals surface area (Å²) >= 11 is 5.88. The zero-order chi connectivity index (χ0) is 10.7. The van der Waals surface area contributed by atoms with E-state index in [1.54, 1.807) is 6.07 Å². The Morgan fingerprint density at radius 3 is 3.00 bits per heavy atom. The molecule has 82 valence electrons. The van der Waals surface area contributed by atoms with Crippen LogP contribution in [0.25, 0.3) is 0 Å². The third kappa shape index (κ3) is 2.79. The van der Waals surface area contributed by atoms with Crippen molar-refractivity contribution in [3.05, 3.63) is 16.8 Å². The fraction of sp³-hybridized carbons (Fsp3) is 0.600. The third-order valence-corrected chi connectivity index (χ3v) is 2.99. The minimum absolute atomic E-state index is 0.303. The number of hydrogen-bond acceptors (Lipinski definition) is 4. The monoisotopic (exact) mass is 226 g/mol. The number of nitrogen functional groups attached to an aromatic ring is 1. The van der Waals surface area contributed by atoms with Crippen LogP contribution in [0.3, 0.4) is 0 Å². The molecule has 1 aromatic heterocycles. The predicted molar refractivity (Wildman–Crippen MR) is 60.8 cm³/mol. The minimum atomic E-state index is 0.303. The van der Waals surface area contributed by atoms with Crippen molar-refractivity contribution in [3.63, 3.8) is 0 Å². The molecule has 5 heteroatoms. The summed E-state index contributed by atoms with van der Waals surface area (Å²) in [6, 6.07) is 2.31. The second-order valence-corrected chi connectivity index (χ2v) is 4.33. The molecule has 0 aromatic carbocycles. The van der Waals surface area contributed by atoms with Crippen LogP contribution >= 0.6 is 11.6 Å². The van der Waals surface area contributed by atoms with Gasteiger partial charge in [0.2, 0.25) is 0 Å². The zero-order valence-corrected chi connectivity index (χ0v) is 9.30. The Morgan fingerprint density at radius 2 is 2.33 bits per heavy atom. The van der Waals surface area contributed by atoms with Gasteiger partial charge in [-0.2, -0.15) is 5.10 Å². The smallest absolute Gasteiger partial charge is 0.164 e. The Bertz CT molecular complexity index is 336. The van der Waals surface area contributed by atoms with Gasteiger partial charge in [0.25, 0.3) is 0 Å². The van der Waals surface area contributed by atoms with Gasteiger partial charge in [-0.25, -0.2) is 0 Å². The average Bonchev–Trinajstić information content (AvgIpc) is 2.25. The fourth-order valence-electron chi connectivity index (χ4n) is 1.87. The standard InChI is InChI=1S/C10H15ClN4/c11-9-6-8(14-15-10(9)12)5-7-3-1-2-4-13-7/h6-7,13H,1-5H2,(H2,12,15). The topological polar surface area (TPSA) is 63.8 Å². The van der Waals surface area contributed by atoms with E-state index in [0.29, 0.717) is 16.9 Å². The first-order chi connectivity index (χ1) is 7.25. The normalized spacial score (nSPS) is 21.5. The summed E-state index contributed by atoms with van der Waals surface area (Å²) in [5.74, 6) is 0.303. The summed E-state index contributed by atoms with van der Waals surface area (Å²) in [4.78, 5) is 0. The first-order valence-electron chi connectivity index (χ1n) is 5.26. The van der Waals surface area contributed by atoms with Gasteiger partial charge < -0.3 is 11.1 Å². The summed E-state index contributed by atoms with van der Waals surface area (Å²) in [7, 11) is 0. The third-order valence-electron chi connectivity index (χ3n) is 2.69. The van der Waals surface area contributed by atoms with Gasteiger partial charge in [0, 0.05) is 12.5 Å². The van der Waals surface area contributed by atoms with Gasteiger partial charge >= 0.3 is 0 Å². The Balaban J connectivity index is 2.00. The number of hydrogen-bond donors (Lipinski definition) is 2. The van der Waals surface area contributed by atoms with Crippen LogP contribution < -0.4 is 11.1 Å². The molecule has 0 spiro atoms. The first-order valence-corrected chi connectivity index (χ1v) is 5.64. The molecule has 1 aliphatic heterocycles. The number of aromatic nitrogens is 2. The zero-order valence-electron chi connectivity index (χ0n) is 8.54. The van der Waals surface area contributed by atoms with E-state index in [4.69, 9.17) is 17.3 Å². The number of nitrogens with zero attached hydrogens (tertiary/aromatic N) is 2. The Kier molecular flexibility index (Phi) is 3.38. The van der Waals surface area contributed by atoms with E-state index >= 15 is 0 Å². The van der Waals surface area contributed by atoms with E-state index in [2.05, 4.69) is 15.5 Å². The first kappa shape index (κ1) is 10.6. The highest BCUT2D eigenvalue weighted by atomic mass is 35.5. The highest BCUT2D eigenvalue weighted by Crippen LogP contribution is 2.17. The summed E-state index contributed by atoms with van der Waals surface area (Å²) in [5.41, 5.74) is 6.41. The molecule has 0 bridgehead atoms. The summed E-state index contributed by atoms with van der Waals surface area (Å²) in [6.45, 7) is 1.10. The van der Waals surface area contributed by atoms with Crippen LogP contribution in [0.5, 0.6) is 0 Å². The molecular weight excluding hydrogens is 212 g/mol. The SMILES string of the molecule is Nc1nnc(CC2CCCCN2)cc1Cl. The van der Waals surface area contributed by atoms with Crippen molar-refractivity contribution in [2.75, 3.05) is 12.3 Å². The summed E-state index contributed by atoms with van der Waals surface area (Å²) in [5, 5.41) is 11.8. The van der Waals surface area contributed by atoms with E-state index in [1.165, 1.54) is 19.3 Å². The van der Waals surface area contributed by atoms with Crippen LogP contribution in [0.15, 0.2) is 6.07 Å².